The standard InChI is InChI=1S/C14H24O3/c1-5-6-7-8-12(14(4)9-16-10-14)17-13(15)11(2)3/h12H,2,5-10H2,1,3-4H3. The Balaban J connectivity index is 2.52. The van der Waals surface area contributed by atoms with Crippen molar-refractivity contribution in [3.8, 4) is 0 Å². The Labute approximate surface area is 104 Å². The second-order valence-corrected chi connectivity index (χ2v) is 5.32. The van der Waals surface area contributed by atoms with Gasteiger partial charge in [0.1, 0.15) is 6.10 Å². The highest BCUT2D eigenvalue weighted by molar-refractivity contribution is 5.87. The quantitative estimate of drug-likeness (QED) is 0.390. The molecule has 1 atom stereocenters. The molecule has 0 amide bonds. The van der Waals surface area contributed by atoms with Crippen LogP contribution in [0.15, 0.2) is 12.2 Å². The van der Waals surface area contributed by atoms with Crippen LogP contribution in [0.5, 0.6) is 0 Å². The summed E-state index contributed by atoms with van der Waals surface area (Å²) >= 11 is 0. The van der Waals surface area contributed by atoms with Crippen LogP contribution in [-0.4, -0.2) is 25.3 Å². The van der Waals surface area contributed by atoms with Gasteiger partial charge in [0.2, 0.25) is 0 Å². The summed E-state index contributed by atoms with van der Waals surface area (Å²) in [6.45, 7) is 11.0. The summed E-state index contributed by atoms with van der Waals surface area (Å²) in [5.74, 6) is -0.278. The zero-order valence-electron chi connectivity index (χ0n) is 11.3. The normalized spacial score (nSPS) is 19.2. The molecule has 1 saturated heterocycles. The van der Waals surface area contributed by atoms with Gasteiger partial charge in [0.15, 0.2) is 0 Å². The fourth-order valence-electron chi connectivity index (χ4n) is 1.97. The molecule has 0 spiro atoms. The van der Waals surface area contributed by atoms with E-state index in [0.29, 0.717) is 18.8 Å². The summed E-state index contributed by atoms with van der Waals surface area (Å²) in [4.78, 5) is 11.6. The molecule has 0 N–H and O–H groups in total. The summed E-state index contributed by atoms with van der Waals surface area (Å²) < 4.78 is 10.8. The van der Waals surface area contributed by atoms with Crippen LogP contribution in [0.25, 0.3) is 0 Å². The highest BCUT2D eigenvalue weighted by atomic mass is 16.6. The van der Waals surface area contributed by atoms with Gasteiger partial charge in [-0.25, -0.2) is 4.79 Å². The third-order valence-corrected chi connectivity index (χ3v) is 3.31. The fraction of sp³-hybridized carbons (Fsp3) is 0.786. The Morgan fingerprint density at radius 1 is 1.47 bits per heavy atom. The lowest BCUT2D eigenvalue weighted by Gasteiger charge is -2.43. The molecular weight excluding hydrogens is 216 g/mol. The van der Waals surface area contributed by atoms with Gasteiger partial charge in [0, 0.05) is 5.57 Å². The largest absolute Gasteiger partial charge is 0.458 e. The molecule has 1 rings (SSSR count). The Morgan fingerprint density at radius 3 is 2.53 bits per heavy atom. The third kappa shape index (κ3) is 3.84. The molecular formula is C14H24O3. The Bertz CT molecular complexity index is 279. The minimum Gasteiger partial charge on any atom is -0.458 e. The van der Waals surface area contributed by atoms with Crippen molar-refractivity contribution in [3.05, 3.63) is 12.2 Å². The van der Waals surface area contributed by atoms with Gasteiger partial charge in [-0.1, -0.05) is 33.3 Å². The molecule has 3 nitrogen and oxygen atoms in total. The number of ether oxygens (including phenoxy) is 2. The molecule has 0 aliphatic carbocycles. The molecule has 0 saturated carbocycles. The van der Waals surface area contributed by atoms with E-state index in [-0.39, 0.29) is 17.5 Å². The lowest BCUT2D eigenvalue weighted by atomic mass is 9.80. The van der Waals surface area contributed by atoms with Crippen LogP contribution in [0.4, 0.5) is 0 Å². The van der Waals surface area contributed by atoms with Crippen molar-refractivity contribution in [2.75, 3.05) is 13.2 Å². The average molecular weight is 240 g/mol. The first-order valence-corrected chi connectivity index (χ1v) is 6.44. The van der Waals surface area contributed by atoms with Crippen molar-refractivity contribution in [2.45, 2.75) is 52.6 Å². The molecule has 0 radical (unpaired) electrons. The second-order valence-electron chi connectivity index (χ2n) is 5.32. The van der Waals surface area contributed by atoms with Gasteiger partial charge in [-0.15, -0.1) is 0 Å². The van der Waals surface area contributed by atoms with E-state index >= 15 is 0 Å². The minimum absolute atomic E-state index is 0.00114. The summed E-state index contributed by atoms with van der Waals surface area (Å²) in [7, 11) is 0. The molecule has 17 heavy (non-hydrogen) atoms. The first-order chi connectivity index (χ1) is 7.99. The van der Waals surface area contributed by atoms with Crippen LogP contribution in [0.1, 0.15) is 46.5 Å². The minimum atomic E-state index is -0.278. The smallest absolute Gasteiger partial charge is 0.333 e. The van der Waals surface area contributed by atoms with E-state index in [1.165, 1.54) is 12.8 Å². The van der Waals surface area contributed by atoms with E-state index in [2.05, 4.69) is 20.4 Å². The van der Waals surface area contributed by atoms with Gasteiger partial charge in [0.25, 0.3) is 0 Å². The van der Waals surface area contributed by atoms with Crippen LogP contribution in [0.3, 0.4) is 0 Å². The molecule has 1 unspecified atom stereocenters. The Hall–Kier alpha value is -0.830. The topological polar surface area (TPSA) is 35.5 Å². The molecule has 1 aliphatic heterocycles. The van der Waals surface area contributed by atoms with E-state index in [4.69, 9.17) is 9.47 Å². The summed E-state index contributed by atoms with van der Waals surface area (Å²) in [5, 5.41) is 0. The summed E-state index contributed by atoms with van der Waals surface area (Å²) in [6.07, 6.45) is 4.34. The molecule has 0 bridgehead atoms. The number of rotatable bonds is 7. The molecule has 1 fully saturated rings. The molecule has 0 aromatic carbocycles. The van der Waals surface area contributed by atoms with E-state index in [9.17, 15) is 4.79 Å². The number of hydrogen-bond acceptors (Lipinski definition) is 3. The third-order valence-electron chi connectivity index (χ3n) is 3.31. The average Bonchev–Trinajstić information content (AvgIpc) is 2.24. The number of esters is 1. The Kier molecular flexibility index (Phi) is 5.19. The van der Waals surface area contributed by atoms with Crippen LogP contribution in [0.2, 0.25) is 0 Å². The van der Waals surface area contributed by atoms with Gasteiger partial charge in [0.05, 0.1) is 18.6 Å². The number of unbranched alkanes of at least 4 members (excludes halogenated alkanes) is 2. The van der Waals surface area contributed by atoms with Crippen molar-refractivity contribution in [1.29, 1.82) is 0 Å². The van der Waals surface area contributed by atoms with Crippen LogP contribution < -0.4 is 0 Å². The first kappa shape index (κ1) is 14.2. The Morgan fingerprint density at radius 2 is 2.12 bits per heavy atom. The molecule has 1 heterocycles. The van der Waals surface area contributed by atoms with Gasteiger partial charge >= 0.3 is 5.97 Å². The SMILES string of the molecule is C=C(C)C(=O)OC(CCCCC)C1(C)COC1. The van der Waals surface area contributed by atoms with Crippen molar-refractivity contribution in [2.24, 2.45) is 5.41 Å². The van der Waals surface area contributed by atoms with Gasteiger partial charge in [-0.05, 0) is 19.8 Å². The molecule has 3 heteroatoms. The zero-order valence-corrected chi connectivity index (χ0v) is 11.3. The van der Waals surface area contributed by atoms with Gasteiger partial charge in [-0.2, -0.15) is 0 Å². The van der Waals surface area contributed by atoms with E-state index in [1.807, 2.05) is 0 Å². The summed E-state index contributed by atoms with van der Waals surface area (Å²) in [6, 6.07) is 0. The number of carbonyl (C=O) groups excluding carboxylic acids is 1. The zero-order chi connectivity index (χ0) is 12.9. The molecule has 1 aliphatic rings. The maximum Gasteiger partial charge on any atom is 0.333 e. The van der Waals surface area contributed by atoms with Crippen LogP contribution in [-0.2, 0) is 14.3 Å². The van der Waals surface area contributed by atoms with Crippen LogP contribution >= 0.6 is 0 Å². The first-order valence-electron chi connectivity index (χ1n) is 6.44. The van der Waals surface area contributed by atoms with Crippen molar-refractivity contribution in [1.82, 2.24) is 0 Å². The van der Waals surface area contributed by atoms with Gasteiger partial charge < -0.3 is 9.47 Å². The van der Waals surface area contributed by atoms with E-state index in [0.717, 1.165) is 12.8 Å². The summed E-state index contributed by atoms with van der Waals surface area (Å²) in [5.41, 5.74) is 0.466. The van der Waals surface area contributed by atoms with Gasteiger partial charge in [-0.3, -0.25) is 0 Å². The van der Waals surface area contributed by atoms with E-state index in [1.54, 1.807) is 6.92 Å². The fourth-order valence-corrected chi connectivity index (χ4v) is 1.97. The van der Waals surface area contributed by atoms with E-state index < -0.39 is 0 Å². The van der Waals surface area contributed by atoms with Crippen molar-refractivity contribution >= 4 is 5.97 Å². The monoisotopic (exact) mass is 240 g/mol. The predicted octanol–water partition coefficient (Wildman–Crippen LogP) is 3.09. The lowest BCUT2D eigenvalue weighted by molar-refractivity contribution is -0.187. The predicted molar refractivity (Wildman–Crippen MR) is 67.8 cm³/mol. The second kappa shape index (κ2) is 6.20. The highest BCUT2D eigenvalue weighted by Crippen LogP contribution is 2.35. The van der Waals surface area contributed by atoms with Crippen LogP contribution in [0, 0.1) is 5.41 Å². The maximum atomic E-state index is 11.6. The molecule has 98 valence electrons. The molecule has 0 aromatic rings. The number of hydrogen-bond donors (Lipinski definition) is 0. The maximum absolute atomic E-state index is 11.6. The van der Waals surface area contributed by atoms with Crippen molar-refractivity contribution in [3.63, 3.8) is 0 Å². The van der Waals surface area contributed by atoms with Crippen molar-refractivity contribution < 1.29 is 14.3 Å². The number of carbonyl (C=O) groups is 1. The molecule has 0 aromatic heterocycles. The lowest BCUT2D eigenvalue weighted by Crippen LogP contribution is -2.50. The highest BCUT2D eigenvalue weighted by Gasteiger charge is 2.43.